The number of benzene rings is 2. The van der Waals surface area contributed by atoms with E-state index in [0.717, 1.165) is 22.9 Å². The lowest BCUT2D eigenvalue weighted by Gasteiger charge is -2.25. The van der Waals surface area contributed by atoms with E-state index in [9.17, 15) is 9.59 Å². The van der Waals surface area contributed by atoms with Gasteiger partial charge in [0.15, 0.2) is 0 Å². The molecule has 0 fully saturated rings. The molecule has 2 aromatic rings. The van der Waals surface area contributed by atoms with Crippen LogP contribution in [0.3, 0.4) is 0 Å². The quantitative estimate of drug-likeness (QED) is 0.675. The molecule has 0 saturated carbocycles. The van der Waals surface area contributed by atoms with Crippen LogP contribution in [0.2, 0.25) is 0 Å². The number of amides is 2. The molecule has 2 amide bonds. The maximum absolute atomic E-state index is 12.8. The van der Waals surface area contributed by atoms with E-state index in [2.05, 4.69) is 38.3 Å². The summed E-state index contributed by atoms with van der Waals surface area (Å²) >= 11 is 0. The van der Waals surface area contributed by atoms with Crippen molar-refractivity contribution in [2.75, 3.05) is 5.32 Å². The molecule has 0 saturated heterocycles. The van der Waals surface area contributed by atoms with E-state index in [1.807, 2.05) is 56.3 Å². The van der Waals surface area contributed by atoms with Crippen molar-refractivity contribution in [1.29, 1.82) is 0 Å². The molecule has 0 heterocycles. The summed E-state index contributed by atoms with van der Waals surface area (Å²) in [5, 5.41) is 8.10. The third-order valence-corrected chi connectivity index (χ3v) is 4.78. The molecule has 4 nitrogen and oxygen atoms in total. The van der Waals surface area contributed by atoms with Crippen molar-refractivity contribution < 1.29 is 9.59 Å². The maximum atomic E-state index is 12.8. The topological polar surface area (TPSA) is 58.2 Å². The largest absolute Gasteiger partial charge is 0.344 e. The molecule has 4 heteroatoms. The summed E-state index contributed by atoms with van der Waals surface area (Å²) in [7, 11) is 0. The van der Waals surface area contributed by atoms with Crippen LogP contribution in [-0.4, -0.2) is 17.9 Å². The van der Waals surface area contributed by atoms with Gasteiger partial charge in [-0.3, -0.25) is 9.59 Å². The smallest absolute Gasteiger partial charge is 0.247 e. The minimum atomic E-state index is -0.555. The fourth-order valence-electron chi connectivity index (χ4n) is 3.69. The Kier molecular flexibility index (Phi) is 7.22. The lowest BCUT2D eigenvalue weighted by atomic mass is 9.84. The van der Waals surface area contributed by atoms with Gasteiger partial charge in [-0.1, -0.05) is 71.9 Å². The number of nitrogens with one attached hydrogen (secondary N) is 2. The second-order valence-electron chi connectivity index (χ2n) is 9.41. The SMILES string of the molecule is CC(CC(=O)NC(C(=O)Nc1ccc2ccccc2c1)C(C)C)CC(C)(C)C. The summed E-state index contributed by atoms with van der Waals surface area (Å²) in [6, 6.07) is 13.3. The Balaban J connectivity index is 2.01. The number of anilines is 1. The molecule has 2 N–H and O–H groups in total. The Morgan fingerprint density at radius 1 is 0.964 bits per heavy atom. The fourth-order valence-corrected chi connectivity index (χ4v) is 3.69. The second-order valence-corrected chi connectivity index (χ2v) is 9.41. The van der Waals surface area contributed by atoms with Gasteiger partial charge in [0.25, 0.3) is 0 Å². The Labute approximate surface area is 169 Å². The molecule has 0 aliphatic rings. The van der Waals surface area contributed by atoms with Crippen LogP contribution in [0.4, 0.5) is 5.69 Å². The maximum Gasteiger partial charge on any atom is 0.247 e. The zero-order chi connectivity index (χ0) is 20.9. The zero-order valence-corrected chi connectivity index (χ0v) is 18.0. The highest BCUT2D eigenvalue weighted by Gasteiger charge is 2.25. The molecule has 28 heavy (non-hydrogen) atoms. The molecule has 0 spiro atoms. The number of hydrogen-bond acceptors (Lipinski definition) is 2. The summed E-state index contributed by atoms with van der Waals surface area (Å²) in [6.45, 7) is 12.5. The van der Waals surface area contributed by atoms with Crippen LogP contribution < -0.4 is 10.6 Å². The van der Waals surface area contributed by atoms with Gasteiger partial charge in [0.1, 0.15) is 6.04 Å². The molecule has 0 aromatic heterocycles. The lowest BCUT2D eigenvalue weighted by Crippen LogP contribution is -2.47. The number of rotatable bonds is 7. The molecular formula is C24H34N2O2. The highest BCUT2D eigenvalue weighted by atomic mass is 16.2. The lowest BCUT2D eigenvalue weighted by molar-refractivity contribution is -0.128. The third kappa shape index (κ3) is 6.66. The van der Waals surface area contributed by atoms with Gasteiger partial charge < -0.3 is 10.6 Å². The summed E-state index contributed by atoms with van der Waals surface area (Å²) < 4.78 is 0. The Hall–Kier alpha value is -2.36. The first-order valence-electron chi connectivity index (χ1n) is 10.1. The first kappa shape index (κ1) is 21.9. The Morgan fingerprint density at radius 2 is 1.61 bits per heavy atom. The molecule has 0 bridgehead atoms. The van der Waals surface area contributed by atoms with Gasteiger partial charge in [0.05, 0.1) is 0 Å². The van der Waals surface area contributed by atoms with Crippen molar-refractivity contribution in [3.05, 3.63) is 42.5 Å². The van der Waals surface area contributed by atoms with E-state index >= 15 is 0 Å². The number of carbonyl (C=O) groups is 2. The third-order valence-electron chi connectivity index (χ3n) is 4.78. The van der Waals surface area contributed by atoms with Crippen LogP contribution in [0.1, 0.15) is 54.4 Å². The summed E-state index contributed by atoms with van der Waals surface area (Å²) in [4.78, 5) is 25.3. The monoisotopic (exact) mass is 382 g/mol. The van der Waals surface area contributed by atoms with E-state index in [1.54, 1.807) is 0 Å². The first-order chi connectivity index (χ1) is 13.0. The standard InChI is InChI=1S/C24H34N2O2/c1-16(2)22(26-21(27)13-17(3)15-24(4,5)6)23(28)25-20-12-11-18-9-7-8-10-19(18)14-20/h7-12,14,16-17,22H,13,15H2,1-6H3,(H,25,28)(H,26,27). The summed E-state index contributed by atoms with van der Waals surface area (Å²) in [6.07, 6.45) is 1.40. The Bertz CT molecular complexity index is 821. The van der Waals surface area contributed by atoms with E-state index in [4.69, 9.17) is 0 Å². The van der Waals surface area contributed by atoms with Crippen LogP contribution in [0, 0.1) is 17.3 Å². The molecular weight excluding hydrogens is 348 g/mol. The van der Waals surface area contributed by atoms with Crippen molar-refractivity contribution in [2.24, 2.45) is 17.3 Å². The fraction of sp³-hybridized carbons (Fsp3) is 0.500. The molecule has 0 radical (unpaired) electrons. The van der Waals surface area contributed by atoms with Gasteiger partial charge in [0, 0.05) is 12.1 Å². The van der Waals surface area contributed by atoms with Gasteiger partial charge in [-0.05, 0) is 46.6 Å². The van der Waals surface area contributed by atoms with Crippen molar-refractivity contribution in [1.82, 2.24) is 5.32 Å². The van der Waals surface area contributed by atoms with Crippen molar-refractivity contribution in [3.8, 4) is 0 Å². The summed E-state index contributed by atoms with van der Waals surface area (Å²) in [5.74, 6) is 0.0323. The van der Waals surface area contributed by atoms with E-state index in [0.29, 0.717) is 6.42 Å². The molecule has 0 aliphatic heterocycles. The van der Waals surface area contributed by atoms with Crippen molar-refractivity contribution in [3.63, 3.8) is 0 Å². The van der Waals surface area contributed by atoms with E-state index < -0.39 is 6.04 Å². The van der Waals surface area contributed by atoms with E-state index in [-0.39, 0.29) is 29.1 Å². The second kappa shape index (κ2) is 9.22. The van der Waals surface area contributed by atoms with Gasteiger partial charge in [-0.15, -0.1) is 0 Å². The van der Waals surface area contributed by atoms with Crippen LogP contribution in [-0.2, 0) is 9.59 Å². The molecule has 0 aliphatic carbocycles. The number of hydrogen-bond donors (Lipinski definition) is 2. The minimum Gasteiger partial charge on any atom is -0.344 e. The molecule has 2 aromatic carbocycles. The van der Waals surface area contributed by atoms with Crippen LogP contribution >= 0.6 is 0 Å². The summed E-state index contributed by atoms with van der Waals surface area (Å²) in [5.41, 5.74) is 0.926. The molecule has 2 rings (SSSR count). The number of carbonyl (C=O) groups excluding carboxylic acids is 2. The molecule has 2 atom stereocenters. The normalized spacial score (nSPS) is 14.0. The van der Waals surface area contributed by atoms with Gasteiger partial charge >= 0.3 is 0 Å². The van der Waals surface area contributed by atoms with E-state index in [1.165, 1.54) is 0 Å². The highest BCUT2D eigenvalue weighted by Crippen LogP contribution is 2.26. The van der Waals surface area contributed by atoms with Crippen LogP contribution in [0.5, 0.6) is 0 Å². The van der Waals surface area contributed by atoms with Crippen LogP contribution in [0.25, 0.3) is 10.8 Å². The average molecular weight is 383 g/mol. The average Bonchev–Trinajstić information content (AvgIpc) is 2.57. The zero-order valence-electron chi connectivity index (χ0n) is 18.0. The first-order valence-corrected chi connectivity index (χ1v) is 10.1. The van der Waals surface area contributed by atoms with Gasteiger partial charge in [0.2, 0.25) is 11.8 Å². The van der Waals surface area contributed by atoms with Gasteiger partial charge in [-0.2, -0.15) is 0 Å². The Morgan fingerprint density at radius 3 is 2.21 bits per heavy atom. The minimum absolute atomic E-state index is 0.00216. The van der Waals surface area contributed by atoms with Crippen LogP contribution in [0.15, 0.2) is 42.5 Å². The predicted octanol–water partition coefficient (Wildman–Crippen LogP) is 5.38. The number of fused-ring (bicyclic) bond motifs is 1. The molecule has 2 unspecified atom stereocenters. The van der Waals surface area contributed by atoms with Crippen molar-refractivity contribution >= 4 is 28.3 Å². The van der Waals surface area contributed by atoms with Crippen molar-refractivity contribution in [2.45, 2.75) is 60.4 Å². The predicted molar refractivity (Wildman–Crippen MR) is 117 cm³/mol. The van der Waals surface area contributed by atoms with Gasteiger partial charge in [-0.25, -0.2) is 0 Å². The highest BCUT2D eigenvalue weighted by molar-refractivity contribution is 5.99. The molecule has 152 valence electrons.